The van der Waals surface area contributed by atoms with Crippen LogP contribution in [0.15, 0.2) is 0 Å². The lowest BCUT2D eigenvalue weighted by atomic mass is 10.0. The fourth-order valence-electron chi connectivity index (χ4n) is 2.68. The van der Waals surface area contributed by atoms with E-state index >= 15 is 0 Å². The maximum atomic E-state index is 12.4. The fraction of sp³-hybridized carbons (Fsp3) is 0.923. The number of hydrogen-bond donors (Lipinski definition) is 0. The van der Waals surface area contributed by atoms with E-state index in [4.69, 9.17) is 21.1 Å². The maximum absolute atomic E-state index is 12.4. The van der Waals surface area contributed by atoms with Gasteiger partial charge in [-0.2, -0.15) is 0 Å². The monoisotopic (exact) mass is 275 g/mol. The van der Waals surface area contributed by atoms with Gasteiger partial charge >= 0.3 is 0 Å². The van der Waals surface area contributed by atoms with Gasteiger partial charge in [0.25, 0.3) is 5.91 Å². The van der Waals surface area contributed by atoms with Crippen molar-refractivity contribution in [2.45, 2.75) is 50.9 Å². The van der Waals surface area contributed by atoms with Gasteiger partial charge in [-0.1, -0.05) is 0 Å². The number of halogens is 1. The van der Waals surface area contributed by atoms with Gasteiger partial charge < -0.3 is 14.4 Å². The van der Waals surface area contributed by atoms with Crippen molar-refractivity contribution < 1.29 is 14.3 Å². The summed E-state index contributed by atoms with van der Waals surface area (Å²) in [7, 11) is 0. The van der Waals surface area contributed by atoms with E-state index in [0.717, 1.165) is 19.3 Å². The number of carbonyl (C=O) groups is 1. The lowest BCUT2D eigenvalue weighted by molar-refractivity contribution is -0.169. The van der Waals surface area contributed by atoms with Gasteiger partial charge in [0.15, 0.2) is 0 Å². The average Bonchev–Trinajstić information content (AvgIpc) is 2.37. The molecule has 2 rings (SSSR count). The minimum absolute atomic E-state index is 0.0806. The van der Waals surface area contributed by atoms with Crippen molar-refractivity contribution in [1.29, 1.82) is 0 Å². The van der Waals surface area contributed by atoms with Crippen molar-refractivity contribution in [2.75, 3.05) is 25.6 Å². The largest absolute Gasteiger partial charge is 0.368 e. The fourth-order valence-corrected chi connectivity index (χ4v) is 2.84. The first-order valence-corrected chi connectivity index (χ1v) is 7.19. The third-order valence-electron chi connectivity index (χ3n) is 3.42. The molecule has 5 heteroatoms. The molecule has 1 amide bonds. The summed E-state index contributed by atoms with van der Waals surface area (Å²) in [5.41, 5.74) is -0.331. The minimum atomic E-state index is -0.331. The molecule has 0 aromatic carbocycles. The number of alkyl halides is 1. The molecule has 18 heavy (non-hydrogen) atoms. The summed E-state index contributed by atoms with van der Waals surface area (Å²) in [6, 6.07) is 0. The molecule has 0 saturated carbocycles. The highest BCUT2D eigenvalue weighted by Crippen LogP contribution is 2.24. The van der Waals surface area contributed by atoms with Gasteiger partial charge in [0.05, 0.1) is 17.6 Å². The van der Waals surface area contributed by atoms with E-state index in [-0.39, 0.29) is 23.7 Å². The van der Waals surface area contributed by atoms with E-state index in [9.17, 15) is 4.79 Å². The van der Waals surface area contributed by atoms with Crippen molar-refractivity contribution in [1.82, 2.24) is 4.90 Å². The van der Waals surface area contributed by atoms with Crippen LogP contribution in [0.25, 0.3) is 0 Å². The molecular weight excluding hydrogens is 254 g/mol. The Balaban J connectivity index is 1.99. The van der Waals surface area contributed by atoms with Crippen molar-refractivity contribution in [3.63, 3.8) is 0 Å². The van der Waals surface area contributed by atoms with Crippen molar-refractivity contribution in [3.8, 4) is 0 Å². The SMILES string of the molecule is CC1(C)CN(C(=O)C2CCCCO2)CC(CCl)O1. The lowest BCUT2D eigenvalue weighted by Gasteiger charge is -2.43. The Bertz CT molecular complexity index is 303. The molecule has 2 atom stereocenters. The topological polar surface area (TPSA) is 38.8 Å². The first kappa shape index (κ1) is 14.1. The molecule has 0 aliphatic carbocycles. The Morgan fingerprint density at radius 3 is 2.83 bits per heavy atom. The second-order valence-electron chi connectivity index (χ2n) is 5.73. The first-order chi connectivity index (χ1) is 8.52. The molecule has 0 aromatic rings. The molecule has 2 aliphatic heterocycles. The Morgan fingerprint density at radius 2 is 2.22 bits per heavy atom. The normalized spacial score (nSPS) is 32.3. The number of ether oxygens (including phenoxy) is 2. The van der Waals surface area contributed by atoms with E-state index in [2.05, 4.69) is 0 Å². The first-order valence-electron chi connectivity index (χ1n) is 6.66. The Hall–Kier alpha value is -0.320. The van der Waals surface area contributed by atoms with Crippen LogP contribution in [-0.2, 0) is 14.3 Å². The summed E-state index contributed by atoms with van der Waals surface area (Å²) in [4.78, 5) is 14.3. The summed E-state index contributed by atoms with van der Waals surface area (Å²) in [6.07, 6.45) is 2.63. The molecule has 0 spiro atoms. The third-order valence-corrected chi connectivity index (χ3v) is 3.76. The summed E-state index contributed by atoms with van der Waals surface area (Å²) < 4.78 is 11.4. The van der Waals surface area contributed by atoms with Crippen LogP contribution < -0.4 is 0 Å². The van der Waals surface area contributed by atoms with Gasteiger partial charge in [0, 0.05) is 19.7 Å². The van der Waals surface area contributed by atoms with Crippen LogP contribution >= 0.6 is 11.6 Å². The summed E-state index contributed by atoms with van der Waals surface area (Å²) in [6.45, 7) is 5.87. The predicted octanol–water partition coefficient (Wildman–Crippen LogP) is 1.80. The zero-order chi connectivity index (χ0) is 13.2. The predicted molar refractivity (Wildman–Crippen MR) is 69.8 cm³/mol. The summed E-state index contributed by atoms with van der Waals surface area (Å²) in [5.74, 6) is 0.514. The number of rotatable bonds is 2. The van der Waals surface area contributed by atoms with E-state index in [1.807, 2.05) is 18.7 Å². The van der Waals surface area contributed by atoms with Crippen LogP contribution in [0.2, 0.25) is 0 Å². The molecule has 0 radical (unpaired) electrons. The van der Waals surface area contributed by atoms with Gasteiger partial charge in [-0.15, -0.1) is 11.6 Å². The molecular formula is C13H22ClNO3. The molecule has 2 fully saturated rings. The molecule has 2 aliphatic rings. The lowest BCUT2D eigenvalue weighted by Crippen LogP contribution is -2.57. The summed E-state index contributed by atoms with van der Waals surface area (Å²) in [5, 5.41) is 0. The van der Waals surface area contributed by atoms with Crippen molar-refractivity contribution in [3.05, 3.63) is 0 Å². The zero-order valence-corrected chi connectivity index (χ0v) is 11.9. The van der Waals surface area contributed by atoms with Crippen molar-refractivity contribution >= 4 is 17.5 Å². The third kappa shape index (κ3) is 3.37. The molecule has 2 saturated heterocycles. The number of morpholine rings is 1. The van der Waals surface area contributed by atoms with Crippen LogP contribution in [0.1, 0.15) is 33.1 Å². The summed E-state index contributed by atoms with van der Waals surface area (Å²) >= 11 is 5.87. The molecule has 0 N–H and O–H groups in total. The number of nitrogens with zero attached hydrogens (tertiary/aromatic N) is 1. The second kappa shape index (κ2) is 5.76. The Kier molecular flexibility index (Phi) is 4.51. The Labute approximate surface area is 114 Å². The highest BCUT2D eigenvalue weighted by molar-refractivity contribution is 6.18. The molecule has 2 unspecified atom stereocenters. The van der Waals surface area contributed by atoms with Gasteiger partial charge in [-0.25, -0.2) is 0 Å². The van der Waals surface area contributed by atoms with E-state index in [1.54, 1.807) is 0 Å². The van der Waals surface area contributed by atoms with Gasteiger partial charge in [-0.3, -0.25) is 4.79 Å². The molecule has 0 aromatic heterocycles. The van der Waals surface area contributed by atoms with Crippen LogP contribution in [0.5, 0.6) is 0 Å². The molecule has 104 valence electrons. The number of hydrogen-bond acceptors (Lipinski definition) is 3. The molecule has 4 nitrogen and oxygen atoms in total. The zero-order valence-electron chi connectivity index (χ0n) is 11.2. The number of carbonyl (C=O) groups excluding carboxylic acids is 1. The van der Waals surface area contributed by atoms with Crippen LogP contribution in [0.3, 0.4) is 0 Å². The minimum Gasteiger partial charge on any atom is -0.368 e. The van der Waals surface area contributed by atoms with Gasteiger partial charge in [0.2, 0.25) is 0 Å². The Morgan fingerprint density at radius 1 is 1.44 bits per heavy atom. The molecule has 2 heterocycles. The molecule has 0 bridgehead atoms. The highest BCUT2D eigenvalue weighted by atomic mass is 35.5. The average molecular weight is 276 g/mol. The smallest absolute Gasteiger partial charge is 0.251 e. The van der Waals surface area contributed by atoms with Crippen LogP contribution in [0.4, 0.5) is 0 Å². The van der Waals surface area contributed by atoms with Gasteiger partial charge in [-0.05, 0) is 33.1 Å². The maximum Gasteiger partial charge on any atom is 0.251 e. The quantitative estimate of drug-likeness (QED) is 0.722. The standard InChI is InChI=1S/C13H22ClNO3/c1-13(2)9-15(8-10(7-14)18-13)12(16)11-5-3-4-6-17-11/h10-11H,3-9H2,1-2H3. The van der Waals surface area contributed by atoms with E-state index in [1.165, 1.54) is 0 Å². The van der Waals surface area contributed by atoms with Crippen LogP contribution in [-0.4, -0.2) is 54.2 Å². The highest BCUT2D eigenvalue weighted by Gasteiger charge is 2.37. The van der Waals surface area contributed by atoms with Crippen LogP contribution in [0, 0.1) is 0 Å². The van der Waals surface area contributed by atoms with E-state index in [0.29, 0.717) is 25.6 Å². The van der Waals surface area contributed by atoms with Gasteiger partial charge in [0.1, 0.15) is 6.10 Å². The second-order valence-corrected chi connectivity index (χ2v) is 6.04. The van der Waals surface area contributed by atoms with Crippen molar-refractivity contribution in [2.24, 2.45) is 0 Å². The number of amides is 1. The van der Waals surface area contributed by atoms with E-state index < -0.39 is 0 Å².